The van der Waals surface area contributed by atoms with E-state index in [2.05, 4.69) is 30.7 Å². The van der Waals surface area contributed by atoms with Gasteiger partial charge in [0.25, 0.3) is 0 Å². The van der Waals surface area contributed by atoms with Crippen LogP contribution in [-0.2, 0) is 9.47 Å². The molecule has 0 aliphatic carbocycles. The third kappa shape index (κ3) is 5.63. The van der Waals surface area contributed by atoms with Gasteiger partial charge in [0.05, 0.1) is 14.2 Å². The second kappa shape index (κ2) is 9.26. The molecular formula is C19H22N4O5. The van der Waals surface area contributed by atoms with Crippen LogP contribution < -0.4 is 21.3 Å². The Balaban J connectivity index is 2.08. The van der Waals surface area contributed by atoms with Gasteiger partial charge in [0.15, 0.2) is 0 Å². The maximum atomic E-state index is 12.3. The van der Waals surface area contributed by atoms with Crippen LogP contribution in [0.2, 0.25) is 0 Å². The molecule has 0 aliphatic heterocycles. The average Bonchev–Trinajstić information content (AvgIpc) is 2.66. The zero-order valence-corrected chi connectivity index (χ0v) is 16.0. The quantitative estimate of drug-likeness (QED) is 0.625. The molecular weight excluding hydrogens is 364 g/mol. The highest BCUT2D eigenvalue weighted by Crippen LogP contribution is 2.22. The van der Waals surface area contributed by atoms with Crippen molar-refractivity contribution in [3.05, 3.63) is 47.5 Å². The third-order valence-corrected chi connectivity index (χ3v) is 3.84. The lowest BCUT2D eigenvalue weighted by Crippen LogP contribution is -2.20. The Hall–Kier alpha value is -3.75. The molecule has 9 nitrogen and oxygen atoms in total. The molecule has 2 aromatic rings. The minimum atomic E-state index is -0.602. The van der Waals surface area contributed by atoms with E-state index in [4.69, 9.17) is 0 Å². The number of anilines is 4. The van der Waals surface area contributed by atoms with Gasteiger partial charge in [0, 0.05) is 22.7 Å². The summed E-state index contributed by atoms with van der Waals surface area (Å²) in [5.41, 5.74) is 3.62. The van der Waals surface area contributed by atoms with Crippen molar-refractivity contribution in [1.82, 2.24) is 0 Å². The zero-order chi connectivity index (χ0) is 20.7. The van der Waals surface area contributed by atoms with E-state index in [0.717, 1.165) is 11.1 Å². The number of urea groups is 1. The average molecular weight is 386 g/mol. The lowest BCUT2D eigenvalue weighted by molar-refractivity contribution is 0.186. The summed E-state index contributed by atoms with van der Waals surface area (Å²) in [6, 6.07) is 9.67. The van der Waals surface area contributed by atoms with Gasteiger partial charge in [-0.25, -0.2) is 14.4 Å². The highest BCUT2D eigenvalue weighted by Gasteiger charge is 2.10. The largest absolute Gasteiger partial charge is 0.453 e. The van der Waals surface area contributed by atoms with Crippen molar-refractivity contribution in [3.8, 4) is 0 Å². The molecule has 0 fully saturated rings. The smallest absolute Gasteiger partial charge is 0.411 e. The van der Waals surface area contributed by atoms with E-state index >= 15 is 0 Å². The van der Waals surface area contributed by atoms with Crippen molar-refractivity contribution in [1.29, 1.82) is 0 Å². The SMILES string of the molecule is COC(=O)Nc1cc(NC(=O)Nc2ccc(C)c(NC(=O)OC)c2)ccc1C. The number of rotatable bonds is 4. The zero-order valence-electron chi connectivity index (χ0n) is 16.0. The Morgan fingerprint density at radius 3 is 1.43 bits per heavy atom. The van der Waals surface area contributed by atoms with Gasteiger partial charge >= 0.3 is 18.2 Å². The van der Waals surface area contributed by atoms with Gasteiger partial charge in [-0.2, -0.15) is 0 Å². The van der Waals surface area contributed by atoms with Crippen molar-refractivity contribution in [2.75, 3.05) is 35.5 Å². The van der Waals surface area contributed by atoms with Crippen molar-refractivity contribution in [3.63, 3.8) is 0 Å². The first-order chi connectivity index (χ1) is 13.3. The normalized spacial score (nSPS) is 9.86. The van der Waals surface area contributed by atoms with E-state index in [9.17, 15) is 14.4 Å². The molecule has 0 saturated heterocycles. The number of amides is 4. The molecule has 0 unspecified atom stereocenters. The van der Waals surface area contributed by atoms with Crippen LogP contribution in [0.25, 0.3) is 0 Å². The number of benzene rings is 2. The Labute approximate surface area is 162 Å². The van der Waals surface area contributed by atoms with Gasteiger partial charge in [-0.05, 0) is 49.2 Å². The van der Waals surface area contributed by atoms with Crippen molar-refractivity contribution in [2.45, 2.75) is 13.8 Å². The maximum Gasteiger partial charge on any atom is 0.411 e. The van der Waals surface area contributed by atoms with Gasteiger partial charge in [-0.1, -0.05) is 12.1 Å². The number of hydrogen-bond acceptors (Lipinski definition) is 5. The summed E-state index contributed by atoms with van der Waals surface area (Å²) in [6.07, 6.45) is -1.20. The highest BCUT2D eigenvalue weighted by molar-refractivity contribution is 6.01. The molecule has 9 heteroatoms. The van der Waals surface area contributed by atoms with Crippen molar-refractivity contribution < 1.29 is 23.9 Å². The Bertz CT molecular complexity index is 826. The second-order valence-corrected chi connectivity index (χ2v) is 5.87. The van der Waals surface area contributed by atoms with E-state index < -0.39 is 18.2 Å². The van der Waals surface area contributed by atoms with E-state index in [0.29, 0.717) is 22.7 Å². The molecule has 0 spiro atoms. The third-order valence-electron chi connectivity index (χ3n) is 3.84. The molecule has 0 aromatic heterocycles. The Morgan fingerprint density at radius 1 is 0.679 bits per heavy atom. The van der Waals surface area contributed by atoms with E-state index in [-0.39, 0.29) is 0 Å². The first-order valence-electron chi connectivity index (χ1n) is 8.31. The van der Waals surface area contributed by atoms with Crippen LogP contribution in [0.4, 0.5) is 37.1 Å². The number of nitrogens with one attached hydrogen (secondary N) is 4. The Kier molecular flexibility index (Phi) is 6.80. The van der Waals surface area contributed by atoms with Crippen molar-refractivity contribution >= 4 is 41.0 Å². The Morgan fingerprint density at radius 2 is 1.07 bits per heavy atom. The molecule has 148 valence electrons. The fraction of sp³-hybridized carbons (Fsp3) is 0.211. The molecule has 4 amide bonds. The van der Waals surface area contributed by atoms with Crippen LogP contribution in [0.15, 0.2) is 36.4 Å². The van der Waals surface area contributed by atoms with Crippen LogP contribution in [0.1, 0.15) is 11.1 Å². The summed E-state index contributed by atoms with van der Waals surface area (Å²) in [5, 5.41) is 10.5. The summed E-state index contributed by atoms with van der Waals surface area (Å²) in [7, 11) is 2.54. The predicted molar refractivity (Wildman–Crippen MR) is 107 cm³/mol. The lowest BCUT2D eigenvalue weighted by atomic mass is 10.1. The fourth-order valence-corrected chi connectivity index (χ4v) is 2.28. The topological polar surface area (TPSA) is 118 Å². The summed E-state index contributed by atoms with van der Waals surface area (Å²) in [6.45, 7) is 3.63. The molecule has 28 heavy (non-hydrogen) atoms. The standard InChI is InChI=1S/C19H22N4O5/c1-11-5-7-13(9-15(11)22-18(25)27-3)20-17(24)21-14-8-6-12(2)16(10-14)23-19(26)28-4/h5-10H,1-4H3,(H,22,25)(H,23,26)(H2,20,21,24). The van der Waals surface area contributed by atoms with Gasteiger partial charge in [0.1, 0.15) is 0 Å². The van der Waals surface area contributed by atoms with Crippen LogP contribution in [-0.4, -0.2) is 32.4 Å². The summed E-state index contributed by atoms with van der Waals surface area (Å²) < 4.78 is 9.15. The molecule has 0 saturated carbocycles. The maximum absolute atomic E-state index is 12.3. The van der Waals surface area contributed by atoms with Gasteiger partial charge in [0.2, 0.25) is 0 Å². The van der Waals surface area contributed by atoms with Crippen LogP contribution >= 0.6 is 0 Å². The van der Waals surface area contributed by atoms with Crippen LogP contribution in [0, 0.1) is 13.8 Å². The predicted octanol–water partition coefficient (Wildman–Crippen LogP) is 4.30. The molecule has 0 aliphatic rings. The summed E-state index contributed by atoms with van der Waals surface area (Å²) in [5.74, 6) is 0. The highest BCUT2D eigenvalue weighted by atomic mass is 16.5. The van der Waals surface area contributed by atoms with E-state index in [1.807, 2.05) is 13.8 Å². The van der Waals surface area contributed by atoms with Crippen molar-refractivity contribution in [2.24, 2.45) is 0 Å². The lowest BCUT2D eigenvalue weighted by Gasteiger charge is -2.13. The molecule has 2 rings (SSSR count). The molecule has 0 bridgehead atoms. The van der Waals surface area contributed by atoms with Gasteiger partial charge < -0.3 is 20.1 Å². The summed E-state index contributed by atoms with van der Waals surface area (Å²) >= 11 is 0. The number of ether oxygens (including phenoxy) is 2. The molecule has 0 radical (unpaired) electrons. The first-order valence-corrected chi connectivity index (χ1v) is 8.31. The summed E-state index contributed by atoms with van der Waals surface area (Å²) in [4.78, 5) is 35.1. The van der Waals surface area contributed by atoms with E-state index in [1.165, 1.54) is 14.2 Å². The molecule has 0 heterocycles. The number of aryl methyl sites for hydroxylation is 2. The van der Waals surface area contributed by atoms with E-state index in [1.54, 1.807) is 36.4 Å². The minimum Gasteiger partial charge on any atom is -0.453 e. The van der Waals surface area contributed by atoms with Gasteiger partial charge in [-0.3, -0.25) is 10.6 Å². The monoisotopic (exact) mass is 386 g/mol. The van der Waals surface area contributed by atoms with Crippen LogP contribution in [0.5, 0.6) is 0 Å². The molecule has 4 N–H and O–H groups in total. The number of hydrogen-bond donors (Lipinski definition) is 4. The number of methoxy groups -OCH3 is 2. The first kappa shape index (κ1) is 20.6. The molecule has 0 atom stereocenters. The van der Waals surface area contributed by atoms with Gasteiger partial charge in [-0.15, -0.1) is 0 Å². The molecule has 2 aromatic carbocycles. The second-order valence-electron chi connectivity index (χ2n) is 5.87. The number of carbonyl (C=O) groups is 3. The minimum absolute atomic E-state index is 0.481. The van der Waals surface area contributed by atoms with Crippen LogP contribution in [0.3, 0.4) is 0 Å². The fourth-order valence-electron chi connectivity index (χ4n) is 2.28. The number of carbonyl (C=O) groups excluding carboxylic acids is 3.